The molecule has 0 atom stereocenters. The van der Waals surface area contributed by atoms with Gasteiger partial charge in [0.15, 0.2) is 9.84 Å². The first-order valence-corrected chi connectivity index (χ1v) is 11.4. The van der Waals surface area contributed by atoms with Crippen LogP contribution < -0.4 is 10.9 Å². The van der Waals surface area contributed by atoms with Gasteiger partial charge >= 0.3 is 0 Å². The van der Waals surface area contributed by atoms with Gasteiger partial charge in [0.05, 0.1) is 16.1 Å². The number of rotatable bonds is 5. The van der Waals surface area contributed by atoms with Gasteiger partial charge in [0.1, 0.15) is 0 Å². The van der Waals surface area contributed by atoms with Gasteiger partial charge in [-0.3, -0.25) is 20.4 Å². The summed E-state index contributed by atoms with van der Waals surface area (Å²) < 4.78 is 24.5. The summed E-state index contributed by atoms with van der Waals surface area (Å²) in [6, 6.07) is 8.08. The summed E-state index contributed by atoms with van der Waals surface area (Å²) in [7, 11) is -3.50. The third kappa shape index (κ3) is 3.74. The molecule has 7 heteroatoms. The highest BCUT2D eigenvalue weighted by Crippen LogP contribution is 2.60. The van der Waals surface area contributed by atoms with Crippen LogP contribution in [0.1, 0.15) is 44.9 Å². The first-order chi connectivity index (χ1) is 12.9. The summed E-state index contributed by atoms with van der Waals surface area (Å²) in [6.07, 6.45) is 6.32. The Morgan fingerprint density at radius 3 is 2.04 bits per heavy atom. The quantitative estimate of drug-likeness (QED) is 0.754. The molecule has 0 spiro atoms. The molecule has 1 aromatic rings. The molecular formula is C20H26N2O4S. The number of carbonyl (C=O) groups excluding carboxylic acids is 2. The SMILES string of the molecule is O=C(CCS(=O)(=O)c1ccccc1)NNC(=O)C12CC3CC(CC(C3)C1)C2. The monoisotopic (exact) mass is 390 g/mol. The maximum Gasteiger partial charge on any atom is 0.244 e. The van der Waals surface area contributed by atoms with Crippen LogP contribution in [-0.4, -0.2) is 26.0 Å². The molecule has 4 aliphatic rings. The van der Waals surface area contributed by atoms with Crippen LogP contribution in [0.2, 0.25) is 0 Å². The van der Waals surface area contributed by atoms with Crippen molar-refractivity contribution < 1.29 is 18.0 Å². The van der Waals surface area contributed by atoms with Crippen molar-refractivity contribution in [1.29, 1.82) is 0 Å². The molecule has 0 unspecified atom stereocenters. The molecule has 1 aromatic carbocycles. The van der Waals surface area contributed by atoms with Crippen molar-refractivity contribution in [3.63, 3.8) is 0 Å². The summed E-state index contributed by atoms with van der Waals surface area (Å²) in [5.74, 6) is 1.08. The van der Waals surface area contributed by atoms with E-state index < -0.39 is 15.7 Å². The minimum atomic E-state index is -3.50. The molecule has 0 aliphatic heterocycles. The molecule has 2 amide bonds. The van der Waals surface area contributed by atoms with Gasteiger partial charge in [0.2, 0.25) is 11.8 Å². The molecule has 2 N–H and O–H groups in total. The van der Waals surface area contributed by atoms with Crippen molar-refractivity contribution in [2.75, 3.05) is 5.75 Å². The summed E-state index contributed by atoms with van der Waals surface area (Å²) in [5, 5.41) is 0. The molecule has 146 valence electrons. The van der Waals surface area contributed by atoms with E-state index in [1.165, 1.54) is 31.4 Å². The summed E-state index contributed by atoms with van der Waals surface area (Å²) in [5.41, 5.74) is 4.68. The molecule has 4 aliphatic carbocycles. The van der Waals surface area contributed by atoms with E-state index in [1.54, 1.807) is 18.2 Å². The molecule has 0 radical (unpaired) electrons. The maximum absolute atomic E-state index is 12.8. The van der Waals surface area contributed by atoms with E-state index in [-0.39, 0.29) is 28.4 Å². The van der Waals surface area contributed by atoms with E-state index in [9.17, 15) is 18.0 Å². The Morgan fingerprint density at radius 1 is 0.926 bits per heavy atom. The van der Waals surface area contributed by atoms with Crippen molar-refractivity contribution in [3.8, 4) is 0 Å². The van der Waals surface area contributed by atoms with E-state index in [2.05, 4.69) is 10.9 Å². The Labute approximate surface area is 160 Å². The van der Waals surface area contributed by atoms with Crippen molar-refractivity contribution in [1.82, 2.24) is 10.9 Å². The topological polar surface area (TPSA) is 92.3 Å². The number of amides is 2. The number of hydrogen-bond acceptors (Lipinski definition) is 4. The second kappa shape index (κ2) is 6.93. The summed E-state index contributed by atoms with van der Waals surface area (Å²) in [4.78, 5) is 25.0. The average molecular weight is 391 g/mol. The molecule has 4 bridgehead atoms. The smallest absolute Gasteiger partial charge is 0.244 e. The largest absolute Gasteiger partial charge is 0.273 e. The highest BCUT2D eigenvalue weighted by Gasteiger charge is 2.54. The fourth-order valence-corrected chi connectivity index (χ4v) is 6.94. The molecule has 0 aromatic heterocycles. The zero-order valence-electron chi connectivity index (χ0n) is 15.3. The number of hydrazine groups is 1. The van der Waals surface area contributed by atoms with Gasteiger partial charge < -0.3 is 0 Å². The fourth-order valence-electron chi connectivity index (χ4n) is 5.68. The van der Waals surface area contributed by atoms with Gasteiger partial charge in [-0.15, -0.1) is 0 Å². The zero-order valence-corrected chi connectivity index (χ0v) is 16.1. The van der Waals surface area contributed by atoms with Crippen LogP contribution >= 0.6 is 0 Å². The Balaban J connectivity index is 1.29. The molecule has 0 heterocycles. The van der Waals surface area contributed by atoms with Crippen LogP contribution in [0.5, 0.6) is 0 Å². The maximum atomic E-state index is 12.8. The van der Waals surface area contributed by atoms with Crippen molar-refractivity contribution in [3.05, 3.63) is 30.3 Å². The second-order valence-electron chi connectivity index (χ2n) is 8.58. The third-order valence-corrected chi connectivity index (χ3v) is 8.27. The predicted molar refractivity (Wildman–Crippen MR) is 100 cm³/mol. The second-order valence-corrected chi connectivity index (χ2v) is 10.7. The molecular weight excluding hydrogens is 364 g/mol. The van der Waals surface area contributed by atoms with Crippen LogP contribution in [-0.2, 0) is 19.4 Å². The first-order valence-electron chi connectivity index (χ1n) is 9.73. The van der Waals surface area contributed by atoms with Gasteiger partial charge in [0.25, 0.3) is 0 Å². The minimum Gasteiger partial charge on any atom is -0.273 e. The third-order valence-electron chi connectivity index (χ3n) is 6.54. The molecule has 27 heavy (non-hydrogen) atoms. The van der Waals surface area contributed by atoms with Gasteiger partial charge in [-0.1, -0.05) is 18.2 Å². The minimum absolute atomic E-state index is 0.0964. The Kier molecular flexibility index (Phi) is 4.74. The van der Waals surface area contributed by atoms with Crippen LogP contribution in [0.15, 0.2) is 35.2 Å². The van der Waals surface area contributed by atoms with Crippen LogP contribution in [0, 0.1) is 23.2 Å². The highest BCUT2D eigenvalue weighted by molar-refractivity contribution is 7.91. The van der Waals surface area contributed by atoms with Gasteiger partial charge in [-0.05, 0) is 68.4 Å². The number of sulfone groups is 1. The molecule has 6 nitrogen and oxygen atoms in total. The normalized spacial score (nSPS) is 31.5. The fraction of sp³-hybridized carbons (Fsp3) is 0.600. The Morgan fingerprint density at radius 2 is 1.48 bits per heavy atom. The van der Waals surface area contributed by atoms with Crippen LogP contribution in [0.3, 0.4) is 0 Å². The lowest BCUT2D eigenvalue weighted by Crippen LogP contribution is -2.56. The van der Waals surface area contributed by atoms with E-state index >= 15 is 0 Å². The first kappa shape index (κ1) is 18.5. The summed E-state index contributed by atoms with van der Waals surface area (Å²) >= 11 is 0. The predicted octanol–water partition coefficient (Wildman–Crippen LogP) is 2.21. The van der Waals surface area contributed by atoms with Gasteiger partial charge in [0, 0.05) is 6.42 Å². The molecule has 5 rings (SSSR count). The Hall–Kier alpha value is -1.89. The summed E-state index contributed by atoms with van der Waals surface area (Å²) in [6.45, 7) is 0. The van der Waals surface area contributed by atoms with Crippen LogP contribution in [0.4, 0.5) is 0 Å². The Bertz CT molecular complexity index is 800. The standard InChI is InChI=1S/C20H26N2O4S/c23-18(6-7-27(25,26)17-4-2-1-3-5-17)21-22-19(24)20-11-14-8-15(12-20)10-16(9-14)13-20/h1-5,14-16H,6-13H2,(H,21,23)(H,22,24). The highest BCUT2D eigenvalue weighted by atomic mass is 32.2. The van der Waals surface area contributed by atoms with E-state index in [0.29, 0.717) is 17.8 Å². The van der Waals surface area contributed by atoms with Crippen molar-refractivity contribution in [2.45, 2.75) is 49.8 Å². The van der Waals surface area contributed by atoms with Crippen molar-refractivity contribution in [2.24, 2.45) is 23.2 Å². The van der Waals surface area contributed by atoms with Crippen LogP contribution in [0.25, 0.3) is 0 Å². The molecule has 4 saturated carbocycles. The van der Waals surface area contributed by atoms with Crippen molar-refractivity contribution >= 4 is 21.7 Å². The number of carbonyl (C=O) groups is 2. The van der Waals surface area contributed by atoms with E-state index in [0.717, 1.165) is 19.3 Å². The number of hydrogen-bond donors (Lipinski definition) is 2. The lowest BCUT2D eigenvalue weighted by Gasteiger charge is -2.55. The number of nitrogens with one attached hydrogen (secondary N) is 2. The lowest BCUT2D eigenvalue weighted by molar-refractivity contribution is -0.148. The van der Waals surface area contributed by atoms with E-state index in [1.807, 2.05) is 0 Å². The van der Waals surface area contributed by atoms with Gasteiger partial charge in [-0.2, -0.15) is 0 Å². The number of benzene rings is 1. The molecule has 4 fully saturated rings. The molecule has 0 saturated heterocycles. The lowest BCUT2D eigenvalue weighted by atomic mass is 9.49. The average Bonchev–Trinajstić information content (AvgIpc) is 2.64. The van der Waals surface area contributed by atoms with Gasteiger partial charge in [-0.25, -0.2) is 8.42 Å². The zero-order chi connectivity index (χ0) is 19.1. The van der Waals surface area contributed by atoms with E-state index in [4.69, 9.17) is 0 Å².